The molecule has 1 aliphatic carbocycles. The maximum atomic E-state index is 4.43. The molecule has 2 unspecified atom stereocenters. The Morgan fingerprint density at radius 2 is 2.05 bits per heavy atom. The van der Waals surface area contributed by atoms with E-state index in [-0.39, 0.29) is 0 Å². The quantitative estimate of drug-likeness (QED) is 0.892. The maximum Gasteiger partial charge on any atom is 0.0702 e. The molecule has 2 aromatic rings. The van der Waals surface area contributed by atoms with Gasteiger partial charge in [-0.1, -0.05) is 38.8 Å². The first-order valence-corrected chi connectivity index (χ1v) is 8.32. The fourth-order valence-electron chi connectivity index (χ4n) is 3.60. The van der Waals surface area contributed by atoms with Gasteiger partial charge < -0.3 is 5.32 Å². The molecule has 2 heteroatoms. The second-order valence-electron chi connectivity index (χ2n) is 6.67. The van der Waals surface area contributed by atoms with Gasteiger partial charge in [-0.05, 0) is 55.0 Å². The summed E-state index contributed by atoms with van der Waals surface area (Å²) in [7, 11) is 0. The van der Waals surface area contributed by atoms with Crippen molar-refractivity contribution in [3.63, 3.8) is 0 Å². The van der Waals surface area contributed by atoms with Gasteiger partial charge in [0.25, 0.3) is 0 Å². The van der Waals surface area contributed by atoms with Gasteiger partial charge in [-0.3, -0.25) is 4.98 Å². The lowest BCUT2D eigenvalue weighted by molar-refractivity contribution is 0.289. The van der Waals surface area contributed by atoms with E-state index in [1.807, 2.05) is 12.3 Å². The van der Waals surface area contributed by atoms with Crippen LogP contribution in [0.2, 0.25) is 0 Å². The van der Waals surface area contributed by atoms with Crippen LogP contribution in [0.5, 0.6) is 0 Å². The van der Waals surface area contributed by atoms with Gasteiger partial charge >= 0.3 is 0 Å². The largest absolute Gasteiger partial charge is 0.314 e. The van der Waals surface area contributed by atoms with Gasteiger partial charge in [0.2, 0.25) is 0 Å². The van der Waals surface area contributed by atoms with E-state index in [4.69, 9.17) is 0 Å². The molecular formula is C19H26N2. The average molecular weight is 282 g/mol. The normalized spacial score (nSPS) is 22.8. The molecule has 1 fully saturated rings. The molecule has 1 aliphatic rings. The van der Waals surface area contributed by atoms with Crippen LogP contribution in [-0.4, -0.2) is 17.6 Å². The summed E-state index contributed by atoms with van der Waals surface area (Å²) >= 11 is 0. The first-order valence-electron chi connectivity index (χ1n) is 8.32. The maximum absolute atomic E-state index is 4.43. The molecule has 2 atom stereocenters. The molecule has 1 aromatic carbocycles. The van der Waals surface area contributed by atoms with E-state index in [1.165, 1.54) is 36.6 Å². The standard InChI is InChI=1S/C19H26N2/c1-14(2)21-13-17-6-3-4-8-18(17)15-9-10-19-16(12-15)7-5-11-20-19/h5,7,9-12,14,17-18,21H,3-4,6,8,13H2,1-2H3. The Kier molecular flexibility index (Phi) is 4.54. The number of benzene rings is 1. The number of hydrogen-bond acceptors (Lipinski definition) is 2. The summed E-state index contributed by atoms with van der Waals surface area (Å²) < 4.78 is 0. The fraction of sp³-hybridized carbons (Fsp3) is 0.526. The molecule has 2 nitrogen and oxygen atoms in total. The topological polar surface area (TPSA) is 24.9 Å². The van der Waals surface area contributed by atoms with Gasteiger partial charge in [-0.15, -0.1) is 0 Å². The molecule has 3 rings (SSSR count). The van der Waals surface area contributed by atoms with Crippen LogP contribution in [-0.2, 0) is 0 Å². The Labute approximate surface area is 128 Å². The summed E-state index contributed by atoms with van der Waals surface area (Å²) in [5, 5.41) is 4.91. The van der Waals surface area contributed by atoms with E-state index in [9.17, 15) is 0 Å². The van der Waals surface area contributed by atoms with Crippen molar-refractivity contribution in [2.75, 3.05) is 6.54 Å². The summed E-state index contributed by atoms with van der Waals surface area (Å²) in [5.74, 6) is 1.48. The van der Waals surface area contributed by atoms with E-state index >= 15 is 0 Å². The van der Waals surface area contributed by atoms with Crippen LogP contribution in [0.1, 0.15) is 51.0 Å². The third-order valence-electron chi connectivity index (χ3n) is 4.75. The van der Waals surface area contributed by atoms with Crippen molar-refractivity contribution in [1.82, 2.24) is 10.3 Å². The van der Waals surface area contributed by atoms with Crippen LogP contribution >= 0.6 is 0 Å². The first kappa shape index (κ1) is 14.5. The van der Waals surface area contributed by atoms with Crippen LogP contribution in [0, 0.1) is 5.92 Å². The number of fused-ring (bicyclic) bond motifs is 1. The molecule has 0 spiro atoms. The van der Waals surface area contributed by atoms with Crippen molar-refractivity contribution >= 4 is 10.9 Å². The third-order valence-corrected chi connectivity index (χ3v) is 4.75. The number of nitrogens with one attached hydrogen (secondary N) is 1. The van der Waals surface area contributed by atoms with Gasteiger partial charge in [0.1, 0.15) is 0 Å². The van der Waals surface area contributed by atoms with E-state index in [0.29, 0.717) is 12.0 Å². The Morgan fingerprint density at radius 1 is 1.19 bits per heavy atom. The number of nitrogens with zero attached hydrogens (tertiary/aromatic N) is 1. The molecule has 1 aromatic heterocycles. The number of hydrogen-bond donors (Lipinski definition) is 1. The summed E-state index contributed by atoms with van der Waals surface area (Å²) in [5.41, 5.74) is 2.61. The fourth-order valence-corrected chi connectivity index (χ4v) is 3.60. The zero-order chi connectivity index (χ0) is 14.7. The predicted molar refractivity (Wildman–Crippen MR) is 89.6 cm³/mol. The molecule has 21 heavy (non-hydrogen) atoms. The van der Waals surface area contributed by atoms with Crippen molar-refractivity contribution < 1.29 is 0 Å². The van der Waals surface area contributed by atoms with Gasteiger partial charge in [0.05, 0.1) is 5.52 Å². The Morgan fingerprint density at radius 3 is 2.90 bits per heavy atom. The van der Waals surface area contributed by atoms with Crippen molar-refractivity contribution in [3.05, 3.63) is 42.1 Å². The highest BCUT2D eigenvalue weighted by atomic mass is 14.9. The van der Waals surface area contributed by atoms with Gasteiger partial charge in [0.15, 0.2) is 0 Å². The molecular weight excluding hydrogens is 256 g/mol. The van der Waals surface area contributed by atoms with Crippen LogP contribution in [0.25, 0.3) is 10.9 Å². The van der Waals surface area contributed by atoms with Crippen molar-refractivity contribution in [2.45, 2.75) is 51.5 Å². The Balaban J connectivity index is 1.83. The molecule has 1 saturated carbocycles. The van der Waals surface area contributed by atoms with Gasteiger partial charge in [-0.25, -0.2) is 0 Å². The summed E-state index contributed by atoms with van der Waals surface area (Å²) in [4.78, 5) is 4.43. The SMILES string of the molecule is CC(C)NCC1CCCCC1c1ccc2ncccc2c1. The average Bonchev–Trinajstić information content (AvgIpc) is 2.52. The molecule has 0 aliphatic heterocycles. The zero-order valence-corrected chi connectivity index (χ0v) is 13.2. The monoisotopic (exact) mass is 282 g/mol. The summed E-state index contributed by atoms with van der Waals surface area (Å²) in [6.07, 6.45) is 7.31. The van der Waals surface area contributed by atoms with Crippen molar-refractivity contribution in [2.24, 2.45) is 5.92 Å². The summed E-state index contributed by atoms with van der Waals surface area (Å²) in [6, 6.07) is 11.6. The summed E-state index contributed by atoms with van der Waals surface area (Å²) in [6.45, 7) is 5.62. The third kappa shape index (κ3) is 3.44. The van der Waals surface area contributed by atoms with E-state index in [0.717, 1.165) is 18.0 Å². The highest BCUT2D eigenvalue weighted by Gasteiger charge is 2.26. The van der Waals surface area contributed by atoms with Crippen molar-refractivity contribution in [1.29, 1.82) is 0 Å². The zero-order valence-electron chi connectivity index (χ0n) is 13.2. The minimum atomic E-state index is 0.577. The van der Waals surface area contributed by atoms with Crippen LogP contribution in [0.4, 0.5) is 0 Å². The second kappa shape index (κ2) is 6.57. The van der Waals surface area contributed by atoms with Gasteiger partial charge in [0, 0.05) is 17.6 Å². The molecule has 0 radical (unpaired) electrons. The van der Waals surface area contributed by atoms with Crippen LogP contribution in [0.15, 0.2) is 36.5 Å². The van der Waals surface area contributed by atoms with Crippen molar-refractivity contribution in [3.8, 4) is 0 Å². The van der Waals surface area contributed by atoms with Gasteiger partial charge in [-0.2, -0.15) is 0 Å². The van der Waals surface area contributed by atoms with E-state index < -0.39 is 0 Å². The Bertz CT molecular complexity index is 591. The predicted octanol–water partition coefficient (Wildman–Crippen LogP) is 4.51. The molecule has 0 amide bonds. The molecule has 112 valence electrons. The van der Waals surface area contributed by atoms with E-state index in [1.54, 1.807) is 0 Å². The lowest BCUT2D eigenvalue weighted by Gasteiger charge is -2.33. The number of pyridine rings is 1. The lowest BCUT2D eigenvalue weighted by atomic mass is 9.75. The second-order valence-corrected chi connectivity index (χ2v) is 6.67. The molecule has 0 saturated heterocycles. The molecule has 1 N–H and O–H groups in total. The Hall–Kier alpha value is -1.41. The van der Waals surface area contributed by atoms with Crippen LogP contribution < -0.4 is 5.32 Å². The highest BCUT2D eigenvalue weighted by molar-refractivity contribution is 5.79. The first-order chi connectivity index (χ1) is 10.2. The smallest absolute Gasteiger partial charge is 0.0702 e. The lowest BCUT2D eigenvalue weighted by Crippen LogP contribution is -2.33. The minimum absolute atomic E-state index is 0.577. The highest BCUT2D eigenvalue weighted by Crippen LogP contribution is 2.38. The van der Waals surface area contributed by atoms with E-state index in [2.05, 4.69) is 48.4 Å². The van der Waals surface area contributed by atoms with Crippen LogP contribution in [0.3, 0.4) is 0 Å². The minimum Gasteiger partial charge on any atom is -0.314 e. The number of rotatable bonds is 4. The number of aromatic nitrogens is 1. The molecule has 0 bridgehead atoms. The molecule has 1 heterocycles.